The van der Waals surface area contributed by atoms with Crippen LogP contribution in [0.25, 0.3) is 5.69 Å². The van der Waals surface area contributed by atoms with Crippen molar-refractivity contribution in [2.45, 2.75) is 20.4 Å². The fourth-order valence-electron chi connectivity index (χ4n) is 2.32. The van der Waals surface area contributed by atoms with Gasteiger partial charge in [0.05, 0.1) is 25.6 Å². The predicted molar refractivity (Wildman–Crippen MR) is 78.9 cm³/mol. The van der Waals surface area contributed by atoms with E-state index in [0.717, 1.165) is 23.6 Å². The van der Waals surface area contributed by atoms with E-state index < -0.39 is 0 Å². The van der Waals surface area contributed by atoms with E-state index in [0.29, 0.717) is 11.5 Å². The van der Waals surface area contributed by atoms with Gasteiger partial charge in [0.15, 0.2) is 11.5 Å². The molecule has 5 heteroatoms. The molecule has 0 amide bonds. The van der Waals surface area contributed by atoms with Gasteiger partial charge in [-0.3, -0.25) is 0 Å². The minimum absolute atomic E-state index is 0.702. The van der Waals surface area contributed by atoms with Gasteiger partial charge in [0.25, 0.3) is 0 Å². The average Bonchev–Trinajstić information content (AvgIpc) is 2.75. The zero-order chi connectivity index (χ0) is 14.7. The summed E-state index contributed by atoms with van der Waals surface area (Å²) in [4.78, 5) is 0. The molecule has 0 fully saturated rings. The summed E-state index contributed by atoms with van der Waals surface area (Å²) in [6.07, 6.45) is 0. The van der Waals surface area contributed by atoms with Crippen LogP contribution in [-0.4, -0.2) is 31.0 Å². The van der Waals surface area contributed by atoms with Crippen LogP contribution in [0, 0.1) is 13.8 Å². The van der Waals surface area contributed by atoms with E-state index in [9.17, 15) is 0 Å². The molecule has 0 saturated heterocycles. The van der Waals surface area contributed by atoms with Crippen LogP contribution in [0.15, 0.2) is 18.2 Å². The van der Waals surface area contributed by atoms with Crippen molar-refractivity contribution < 1.29 is 9.47 Å². The smallest absolute Gasteiger partial charge is 0.162 e. The monoisotopic (exact) mass is 275 g/mol. The van der Waals surface area contributed by atoms with Crippen LogP contribution in [0.4, 0.5) is 0 Å². The summed E-state index contributed by atoms with van der Waals surface area (Å²) >= 11 is 0. The molecular weight excluding hydrogens is 254 g/mol. The quantitative estimate of drug-likeness (QED) is 0.909. The number of hydrogen-bond acceptors (Lipinski definition) is 4. The minimum atomic E-state index is 0.702. The maximum Gasteiger partial charge on any atom is 0.162 e. The third kappa shape index (κ3) is 2.49. The third-order valence-electron chi connectivity index (χ3n) is 3.41. The van der Waals surface area contributed by atoms with Gasteiger partial charge in [-0.1, -0.05) is 0 Å². The Kier molecular flexibility index (Phi) is 4.29. The lowest BCUT2D eigenvalue weighted by Crippen LogP contribution is -2.07. The SMILES string of the molecule is CNCc1c(C)nn(-c2ccc(OC)c(OC)c2)c1C. The predicted octanol–water partition coefficient (Wildman–Crippen LogP) is 2.23. The molecule has 1 aromatic heterocycles. The Balaban J connectivity index is 2.49. The first kappa shape index (κ1) is 14.4. The van der Waals surface area contributed by atoms with Crippen LogP contribution >= 0.6 is 0 Å². The fourth-order valence-corrected chi connectivity index (χ4v) is 2.32. The van der Waals surface area contributed by atoms with E-state index in [2.05, 4.69) is 17.3 Å². The largest absolute Gasteiger partial charge is 0.493 e. The zero-order valence-corrected chi connectivity index (χ0v) is 12.7. The number of nitrogens with zero attached hydrogens (tertiary/aromatic N) is 2. The highest BCUT2D eigenvalue weighted by Gasteiger charge is 2.13. The number of methoxy groups -OCH3 is 2. The molecule has 0 radical (unpaired) electrons. The molecule has 0 spiro atoms. The van der Waals surface area contributed by atoms with E-state index in [4.69, 9.17) is 9.47 Å². The van der Waals surface area contributed by atoms with Crippen LogP contribution < -0.4 is 14.8 Å². The van der Waals surface area contributed by atoms with Gasteiger partial charge in [-0.15, -0.1) is 0 Å². The summed E-state index contributed by atoms with van der Waals surface area (Å²) in [5.74, 6) is 1.42. The van der Waals surface area contributed by atoms with Crippen molar-refractivity contribution in [2.75, 3.05) is 21.3 Å². The zero-order valence-electron chi connectivity index (χ0n) is 12.7. The molecular formula is C15H21N3O2. The van der Waals surface area contributed by atoms with Crippen molar-refractivity contribution >= 4 is 0 Å². The van der Waals surface area contributed by atoms with Crippen LogP contribution in [0.5, 0.6) is 11.5 Å². The molecule has 0 atom stereocenters. The molecule has 0 saturated carbocycles. The van der Waals surface area contributed by atoms with E-state index in [-0.39, 0.29) is 0 Å². The second kappa shape index (κ2) is 5.96. The van der Waals surface area contributed by atoms with Gasteiger partial charge < -0.3 is 14.8 Å². The number of nitrogens with one attached hydrogen (secondary N) is 1. The van der Waals surface area contributed by atoms with E-state index in [1.165, 1.54) is 5.56 Å². The molecule has 1 aromatic carbocycles. The molecule has 20 heavy (non-hydrogen) atoms. The summed E-state index contributed by atoms with van der Waals surface area (Å²) in [5.41, 5.74) is 4.35. The van der Waals surface area contributed by atoms with Gasteiger partial charge in [0, 0.05) is 23.9 Å². The Bertz CT molecular complexity index is 605. The number of aromatic nitrogens is 2. The Hall–Kier alpha value is -2.01. The first-order valence-corrected chi connectivity index (χ1v) is 6.54. The first-order valence-electron chi connectivity index (χ1n) is 6.54. The van der Waals surface area contributed by atoms with Gasteiger partial charge in [-0.2, -0.15) is 5.10 Å². The summed E-state index contributed by atoms with van der Waals surface area (Å²) in [5, 5.41) is 7.78. The van der Waals surface area contributed by atoms with E-state index in [1.807, 2.05) is 36.9 Å². The summed E-state index contributed by atoms with van der Waals surface area (Å²) < 4.78 is 12.5. The Morgan fingerprint density at radius 2 is 1.85 bits per heavy atom. The number of hydrogen-bond donors (Lipinski definition) is 1. The topological polar surface area (TPSA) is 48.3 Å². The van der Waals surface area contributed by atoms with Crippen LogP contribution in [0.2, 0.25) is 0 Å². The van der Waals surface area contributed by atoms with Gasteiger partial charge in [-0.25, -0.2) is 4.68 Å². The Morgan fingerprint density at radius 1 is 1.15 bits per heavy atom. The molecule has 2 aromatic rings. The Labute approximate surface area is 119 Å². The summed E-state index contributed by atoms with van der Waals surface area (Å²) in [7, 11) is 5.20. The van der Waals surface area contributed by atoms with E-state index in [1.54, 1.807) is 14.2 Å². The molecule has 0 bridgehead atoms. The molecule has 0 unspecified atom stereocenters. The normalized spacial score (nSPS) is 10.7. The fraction of sp³-hybridized carbons (Fsp3) is 0.400. The lowest BCUT2D eigenvalue weighted by atomic mass is 10.2. The first-order chi connectivity index (χ1) is 9.62. The lowest BCUT2D eigenvalue weighted by Gasteiger charge is -2.11. The Morgan fingerprint density at radius 3 is 2.45 bits per heavy atom. The van der Waals surface area contributed by atoms with Gasteiger partial charge in [0.2, 0.25) is 0 Å². The molecule has 0 aliphatic rings. The minimum Gasteiger partial charge on any atom is -0.493 e. The standard InChI is InChI=1S/C15H21N3O2/c1-10-13(9-16-3)11(2)18(17-10)12-6-7-14(19-4)15(8-12)20-5/h6-8,16H,9H2,1-5H3. The van der Waals surface area contributed by atoms with Crippen LogP contribution in [-0.2, 0) is 6.54 Å². The van der Waals surface area contributed by atoms with Crippen molar-refractivity contribution in [3.05, 3.63) is 35.2 Å². The average molecular weight is 275 g/mol. The molecule has 0 aliphatic carbocycles. The van der Waals surface area contributed by atoms with Crippen molar-refractivity contribution in [3.8, 4) is 17.2 Å². The molecule has 5 nitrogen and oxygen atoms in total. The maximum absolute atomic E-state index is 5.34. The van der Waals surface area contributed by atoms with Crippen molar-refractivity contribution in [2.24, 2.45) is 0 Å². The third-order valence-corrected chi connectivity index (χ3v) is 3.41. The van der Waals surface area contributed by atoms with Crippen LogP contribution in [0.1, 0.15) is 17.0 Å². The van der Waals surface area contributed by atoms with Crippen LogP contribution in [0.3, 0.4) is 0 Å². The van der Waals surface area contributed by atoms with Gasteiger partial charge >= 0.3 is 0 Å². The van der Waals surface area contributed by atoms with Crippen molar-refractivity contribution in [3.63, 3.8) is 0 Å². The molecule has 0 aliphatic heterocycles. The van der Waals surface area contributed by atoms with Gasteiger partial charge in [0.1, 0.15) is 0 Å². The van der Waals surface area contributed by atoms with Gasteiger partial charge in [-0.05, 0) is 33.0 Å². The second-order valence-electron chi connectivity index (χ2n) is 4.63. The van der Waals surface area contributed by atoms with Crippen molar-refractivity contribution in [1.82, 2.24) is 15.1 Å². The highest BCUT2D eigenvalue weighted by Crippen LogP contribution is 2.30. The number of ether oxygens (including phenoxy) is 2. The number of benzene rings is 1. The molecule has 1 N–H and O–H groups in total. The summed E-state index contributed by atoms with van der Waals surface area (Å²) in [6, 6.07) is 5.80. The lowest BCUT2D eigenvalue weighted by molar-refractivity contribution is 0.354. The summed E-state index contributed by atoms with van der Waals surface area (Å²) in [6.45, 7) is 4.91. The highest BCUT2D eigenvalue weighted by molar-refractivity contribution is 5.49. The molecule has 2 rings (SSSR count). The second-order valence-corrected chi connectivity index (χ2v) is 4.63. The molecule has 108 valence electrons. The number of rotatable bonds is 5. The number of aryl methyl sites for hydroxylation is 1. The molecule has 1 heterocycles. The maximum atomic E-state index is 5.34. The highest BCUT2D eigenvalue weighted by atomic mass is 16.5. The van der Waals surface area contributed by atoms with Crippen molar-refractivity contribution in [1.29, 1.82) is 0 Å². The van der Waals surface area contributed by atoms with E-state index >= 15 is 0 Å².